The van der Waals surface area contributed by atoms with Gasteiger partial charge < -0.3 is 0 Å². The molecule has 40 valence electrons. The Morgan fingerprint density at radius 1 is 1.71 bits per heavy atom. The molecule has 1 fully saturated rings. The lowest BCUT2D eigenvalue weighted by molar-refractivity contribution is 1.24. The second kappa shape index (κ2) is 2.36. The third kappa shape index (κ3) is 1.97. The van der Waals surface area contributed by atoms with Crippen LogP contribution in [0.2, 0.25) is 0 Å². The summed E-state index contributed by atoms with van der Waals surface area (Å²) in [6.45, 7) is 0. The molecule has 1 nitrogen and oxygen atoms in total. The van der Waals surface area contributed by atoms with E-state index in [0.29, 0.717) is 0 Å². The summed E-state index contributed by atoms with van der Waals surface area (Å²) in [5.74, 6) is 0.840. The van der Waals surface area contributed by atoms with Gasteiger partial charge in [0.25, 0.3) is 0 Å². The third-order valence-electron chi connectivity index (χ3n) is 0.999. The molecule has 0 heterocycles. The monoisotopic (exact) mass is 115 g/mol. The lowest BCUT2D eigenvalue weighted by Gasteiger charge is -1.75. The molecule has 0 N–H and O–H groups in total. The average molecular weight is 115 g/mol. The van der Waals surface area contributed by atoms with Crippen LogP contribution in [-0.4, -0.2) is 12.5 Å². The van der Waals surface area contributed by atoms with Crippen LogP contribution in [0.1, 0.15) is 12.8 Å². The van der Waals surface area contributed by atoms with Crippen molar-refractivity contribution in [2.24, 2.45) is 10.3 Å². The van der Waals surface area contributed by atoms with Crippen molar-refractivity contribution in [3.05, 3.63) is 0 Å². The second-order valence-electron chi connectivity index (χ2n) is 1.77. The van der Waals surface area contributed by atoms with Crippen LogP contribution in [0.15, 0.2) is 4.40 Å². The van der Waals surface area contributed by atoms with E-state index in [9.17, 15) is 0 Å². The van der Waals surface area contributed by atoms with E-state index in [1.54, 1.807) is 0 Å². The van der Waals surface area contributed by atoms with Crippen molar-refractivity contribution in [2.45, 2.75) is 12.8 Å². The normalized spacial score (nSPS) is 21.3. The van der Waals surface area contributed by atoms with E-state index < -0.39 is 0 Å². The van der Waals surface area contributed by atoms with Gasteiger partial charge in [-0.25, -0.2) is 4.40 Å². The maximum Gasteiger partial charge on any atom is 0.0157 e. The van der Waals surface area contributed by atoms with Gasteiger partial charge in [0.1, 0.15) is 0 Å². The Labute approximate surface area is 48.3 Å². The first kappa shape index (κ1) is 5.16. The molecule has 0 bridgehead atoms. The highest BCUT2D eigenvalue weighted by Crippen LogP contribution is 2.26. The van der Waals surface area contributed by atoms with Crippen molar-refractivity contribution in [1.82, 2.24) is 0 Å². The molecule has 1 aliphatic carbocycles. The van der Waals surface area contributed by atoms with E-state index in [4.69, 9.17) is 0 Å². The van der Waals surface area contributed by atoms with Gasteiger partial charge in [-0.3, -0.25) is 0 Å². The SMILES string of the molecule is CS/N=C/C1CC1. The lowest BCUT2D eigenvalue weighted by atomic mass is 10.5. The van der Waals surface area contributed by atoms with Crippen LogP contribution in [0, 0.1) is 5.92 Å². The molecular weight excluding hydrogens is 106 g/mol. The smallest absolute Gasteiger partial charge is 0.0157 e. The Kier molecular flexibility index (Phi) is 1.74. The highest BCUT2D eigenvalue weighted by atomic mass is 32.2. The van der Waals surface area contributed by atoms with Crippen LogP contribution in [0.4, 0.5) is 0 Å². The second-order valence-corrected chi connectivity index (χ2v) is 2.35. The zero-order valence-corrected chi connectivity index (χ0v) is 5.24. The summed E-state index contributed by atoms with van der Waals surface area (Å²) in [6, 6.07) is 0. The van der Waals surface area contributed by atoms with Crippen LogP contribution in [0.3, 0.4) is 0 Å². The summed E-state index contributed by atoms with van der Waals surface area (Å²) in [7, 11) is 0. The average Bonchev–Trinajstić information content (AvgIpc) is 2.42. The largest absolute Gasteiger partial charge is 0.229 e. The van der Waals surface area contributed by atoms with Crippen molar-refractivity contribution < 1.29 is 0 Å². The van der Waals surface area contributed by atoms with E-state index in [0.717, 1.165) is 5.92 Å². The molecule has 2 heteroatoms. The molecule has 0 aromatic rings. The molecule has 0 atom stereocenters. The number of rotatable bonds is 2. The summed E-state index contributed by atoms with van der Waals surface area (Å²) in [6.07, 6.45) is 6.76. The van der Waals surface area contributed by atoms with Crippen LogP contribution >= 0.6 is 11.9 Å². The highest BCUT2D eigenvalue weighted by molar-refractivity contribution is 7.97. The van der Waals surface area contributed by atoms with Gasteiger partial charge in [-0.2, -0.15) is 0 Å². The number of nitrogens with zero attached hydrogens (tertiary/aromatic N) is 1. The molecule has 1 saturated carbocycles. The zero-order chi connectivity index (χ0) is 5.11. The summed E-state index contributed by atoms with van der Waals surface area (Å²) in [4.78, 5) is 0. The minimum Gasteiger partial charge on any atom is -0.229 e. The standard InChI is InChI=1S/C5H9NS/c1-7-6-4-5-2-3-5/h4-5H,2-3H2,1H3/b6-4+. The van der Waals surface area contributed by atoms with Gasteiger partial charge >= 0.3 is 0 Å². The first-order chi connectivity index (χ1) is 3.43. The van der Waals surface area contributed by atoms with Gasteiger partial charge in [-0.05, 0) is 30.7 Å². The highest BCUT2D eigenvalue weighted by Gasteiger charge is 2.17. The Morgan fingerprint density at radius 2 is 2.43 bits per heavy atom. The topological polar surface area (TPSA) is 12.4 Å². The first-order valence-electron chi connectivity index (χ1n) is 2.50. The Hall–Kier alpha value is 0.0200. The molecule has 0 aromatic heterocycles. The molecule has 0 saturated heterocycles. The first-order valence-corrected chi connectivity index (χ1v) is 3.68. The summed E-state index contributed by atoms with van der Waals surface area (Å²) in [5, 5.41) is 0. The predicted octanol–water partition coefficient (Wildman–Crippen LogP) is 1.75. The fraction of sp³-hybridized carbons (Fsp3) is 0.800. The van der Waals surface area contributed by atoms with Gasteiger partial charge in [-0.1, -0.05) is 0 Å². The quantitative estimate of drug-likeness (QED) is 0.394. The van der Waals surface area contributed by atoms with E-state index in [-0.39, 0.29) is 0 Å². The molecule has 1 rings (SSSR count). The van der Waals surface area contributed by atoms with Gasteiger partial charge in [0, 0.05) is 12.5 Å². The molecule has 0 amide bonds. The Balaban J connectivity index is 2.05. The number of hydrogen-bond acceptors (Lipinski definition) is 2. The van der Waals surface area contributed by atoms with Gasteiger partial charge in [0.2, 0.25) is 0 Å². The van der Waals surface area contributed by atoms with Gasteiger partial charge in [0.15, 0.2) is 0 Å². The summed E-state index contributed by atoms with van der Waals surface area (Å²) >= 11 is 1.54. The molecule has 0 aliphatic heterocycles. The Morgan fingerprint density at radius 3 is 2.86 bits per heavy atom. The van der Waals surface area contributed by atoms with E-state index >= 15 is 0 Å². The Bertz CT molecular complexity index is 76.1. The predicted molar refractivity (Wildman–Crippen MR) is 34.7 cm³/mol. The van der Waals surface area contributed by atoms with Crippen LogP contribution in [0.25, 0.3) is 0 Å². The van der Waals surface area contributed by atoms with E-state index in [2.05, 4.69) is 4.40 Å². The maximum absolute atomic E-state index is 4.03. The molecule has 0 spiro atoms. The zero-order valence-electron chi connectivity index (χ0n) is 4.42. The van der Waals surface area contributed by atoms with Crippen molar-refractivity contribution >= 4 is 18.2 Å². The van der Waals surface area contributed by atoms with Crippen LogP contribution < -0.4 is 0 Å². The molecular formula is C5H9NS. The third-order valence-corrected chi connectivity index (χ3v) is 1.33. The van der Waals surface area contributed by atoms with Crippen molar-refractivity contribution in [2.75, 3.05) is 6.26 Å². The summed E-state index contributed by atoms with van der Waals surface area (Å²) < 4.78 is 4.03. The van der Waals surface area contributed by atoms with Crippen LogP contribution in [-0.2, 0) is 0 Å². The van der Waals surface area contributed by atoms with Crippen molar-refractivity contribution in [3.63, 3.8) is 0 Å². The molecule has 0 aromatic carbocycles. The molecule has 0 unspecified atom stereocenters. The van der Waals surface area contributed by atoms with E-state index in [1.807, 2.05) is 12.5 Å². The van der Waals surface area contributed by atoms with Gasteiger partial charge in [-0.15, -0.1) is 0 Å². The minimum absolute atomic E-state index is 0.840. The molecule has 1 aliphatic rings. The lowest BCUT2D eigenvalue weighted by Crippen LogP contribution is -1.69. The van der Waals surface area contributed by atoms with Gasteiger partial charge in [0.05, 0.1) is 0 Å². The molecule has 7 heavy (non-hydrogen) atoms. The van der Waals surface area contributed by atoms with Crippen molar-refractivity contribution in [1.29, 1.82) is 0 Å². The van der Waals surface area contributed by atoms with Crippen molar-refractivity contribution in [3.8, 4) is 0 Å². The van der Waals surface area contributed by atoms with Crippen LogP contribution in [0.5, 0.6) is 0 Å². The fourth-order valence-corrected chi connectivity index (χ4v) is 0.686. The maximum atomic E-state index is 4.03. The molecule has 0 radical (unpaired) electrons. The fourth-order valence-electron chi connectivity index (χ4n) is 0.392. The minimum atomic E-state index is 0.840. The summed E-state index contributed by atoms with van der Waals surface area (Å²) in [5.41, 5.74) is 0. The van der Waals surface area contributed by atoms with E-state index in [1.165, 1.54) is 24.8 Å². The number of hydrogen-bond donors (Lipinski definition) is 0.